The zero-order valence-electron chi connectivity index (χ0n) is 15.2. The van der Waals surface area contributed by atoms with Crippen LogP contribution in [0.4, 0.5) is 0 Å². The fourth-order valence-electron chi connectivity index (χ4n) is 3.26. The van der Waals surface area contributed by atoms with Crippen LogP contribution in [0.15, 0.2) is 18.2 Å². The average molecular weight is 343 g/mol. The SMILES string of the molecule is COc1ccc(C(=O)O)cc1CN(Cc1c(C)nn(C)c1C)C1CC1. The number of methoxy groups -OCH3 is 1. The van der Waals surface area contributed by atoms with Crippen LogP contribution in [-0.2, 0) is 20.1 Å². The summed E-state index contributed by atoms with van der Waals surface area (Å²) in [7, 11) is 3.59. The lowest BCUT2D eigenvalue weighted by Crippen LogP contribution is -2.26. The third-order valence-electron chi connectivity index (χ3n) is 4.98. The molecule has 1 heterocycles. The van der Waals surface area contributed by atoms with Crippen molar-refractivity contribution in [2.75, 3.05) is 7.11 Å². The molecule has 0 saturated heterocycles. The zero-order valence-corrected chi connectivity index (χ0v) is 15.2. The van der Waals surface area contributed by atoms with Crippen molar-refractivity contribution in [2.24, 2.45) is 7.05 Å². The van der Waals surface area contributed by atoms with E-state index in [-0.39, 0.29) is 0 Å². The molecule has 25 heavy (non-hydrogen) atoms. The molecule has 0 unspecified atom stereocenters. The van der Waals surface area contributed by atoms with Gasteiger partial charge in [-0.2, -0.15) is 5.10 Å². The Hall–Kier alpha value is -2.34. The summed E-state index contributed by atoms with van der Waals surface area (Å²) >= 11 is 0. The van der Waals surface area contributed by atoms with Gasteiger partial charge in [0.1, 0.15) is 5.75 Å². The number of rotatable bonds is 7. The average Bonchev–Trinajstić information content (AvgIpc) is 3.38. The minimum absolute atomic E-state index is 0.292. The molecule has 2 aromatic rings. The van der Waals surface area contributed by atoms with Crippen molar-refractivity contribution in [2.45, 2.75) is 45.8 Å². The van der Waals surface area contributed by atoms with Crippen LogP contribution in [0.25, 0.3) is 0 Å². The largest absolute Gasteiger partial charge is 0.496 e. The van der Waals surface area contributed by atoms with Crippen molar-refractivity contribution in [3.05, 3.63) is 46.3 Å². The standard InChI is InChI=1S/C19H25N3O3/c1-12-17(13(2)21(3)20-12)11-22(16-6-7-16)10-15-9-14(19(23)24)5-8-18(15)25-4/h5,8-9,16H,6-7,10-11H2,1-4H3,(H,23,24). The minimum Gasteiger partial charge on any atom is -0.496 e. The first-order valence-corrected chi connectivity index (χ1v) is 8.54. The summed E-state index contributed by atoms with van der Waals surface area (Å²) in [5.74, 6) is -0.184. The molecule has 1 aliphatic carbocycles. The van der Waals surface area contributed by atoms with Gasteiger partial charge in [-0.1, -0.05) is 0 Å². The molecule has 1 aliphatic rings. The summed E-state index contributed by atoms with van der Waals surface area (Å²) in [6, 6.07) is 5.59. The van der Waals surface area contributed by atoms with E-state index in [1.54, 1.807) is 25.3 Å². The number of benzene rings is 1. The maximum absolute atomic E-state index is 11.3. The molecule has 3 rings (SSSR count). The van der Waals surface area contributed by atoms with E-state index in [1.165, 1.54) is 24.1 Å². The molecule has 1 saturated carbocycles. The maximum Gasteiger partial charge on any atom is 0.335 e. The molecule has 6 nitrogen and oxygen atoms in total. The lowest BCUT2D eigenvalue weighted by Gasteiger charge is -2.23. The van der Waals surface area contributed by atoms with Crippen LogP contribution < -0.4 is 4.74 Å². The number of carbonyl (C=O) groups is 1. The third kappa shape index (κ3) is 3.69. The quantitative estimate of drug-likeness (QED) is 0.837. The Balaban J connectivity index is 1.87. The van der Waals surface area contributed by atoms with Crippen molar-refractivity contribution in [1.29, 1.82) is 0 Å². The molecule has 1 aromatic carbocycles. The van der Waals surface area contributed by atoms with Gasteiger partial charge in [-0.3, -0.25) is 9.58 Å². The Bertz CT molecular complexity index is 793. The second kappa shape index (κ2) is 6.88. The lowest BCUT2D eigenvalue weighted by molar-refractivity contribution is 0.0696. The van der Waals surface area contributed by atoms with Gasteiger partial charge in [0.2, 0.25) is 0 Å². The van der Waals surface area contributed by atoms with E-state index in [0.29, 0.717) is 18.2 Å². The molecular weight excluding hydrogens is 318 g/mol. The second-order valence-corrected chi connectivity index (χ2v) is 6.74. The smallest absolute Gasteiger partial charge is 0.335 e. The van der Waals surface area contributed by atoms with Gasteiger partial charge in [-0.25, -0.2) is 4.79 Å². The van der Waals surface area contributed by atoms with E-state index in [2.05, 4.69) is 16.9 Å². The number of carboxylic acid groups (broad SMARTS) is 1. The van der Waals surface area contributed by atoms with Gasteiger partial charge in [-0.15, -0.1) is 0 Å². The van der Waals surface area contributed by atoms with Crippen LogP contribution >= 0.6 is 0 Å². The van der Waals surface area contributed by atoms with Gasteiger partial charge < -0.3 is 9.84 Å². The van der Waals surface area contributed by atoms with E-state index < -0.39 is 5.97 Å². The van der Waals surface area contributed by atoms with E-state index >= 15 is 0 Å². The summed E-state index contributed by atoms with van der Waals surface area (Å²) in [5, 5.41) is 13.8. The summed E-state index contributed by atoms with van der Waals surface area (Å²) in [6.45, 7) is 5.62. The maximum atomic E-state index is 11.3. The number of aromatic nitrogens is 2. The van der Waals surface area contributed by atoms with Crippen LogP contribution in [0.2, 0.25) is 0 Å². The van der Waals surface area contributed by atoms with Crippen LogP contribution in [-0.4, -0.2) is 38.9 Å². The number of aryl methyl sites for hydroxylation is 2. The highest BCUT2D eigenvalue weighted by molar-refractivity contribution is 5.88. The fraction of sp³-hybridized carbons (Fsp3) is 0.474. The Morgan fingerprint density at radius 3 is 2.60 bits per heavy atom. The van der Waals surface area contributed by atoms with Crippen LogP contribution in [0.1, 0.15) is 45.7 Å². The van der Waals surface area contributed by atoms with Crippen molar-refractivity contribution >= 4 is 5.97 Å². The predicted octanol–water partition coefficient (Wildman–Crippen LogP) is 2.91. The van der Waals surface area contributed by atoms with Crippen LogP contribution in [0.3, 0.4) is 0 Å². The van der Waals surface area contributed by atoms with Crippen molar-refractivity contribution in [3.63, 3.8) is 0 Å². The molecular formula is C19H25N3O3. The highest BCUT2D eigenvalue weighted by atomic mass is 16.5. The number of ether oxygens (including phenoxy) is 1. The summed E-state index contributed by atoms with van der Waals surface area (Å²) in [4.78, 5) is 13.7. The Labute approximate surface area is 148 Å². The van der Waals surface area contributed by atoms with Crippen molar-refractivity contribution < 1.29 is 14.6 Å². The molecule has 0 aliphatic heterocycles. The third-order valence-corrected chi connectivity index (χ3v) is 4.98. The van der Waals surface area contributed by atoms with E-state index in [1.807, 2.05) is 18.7 Å². The lowest BCUT2D eigenvalue weighted by atomic mass is 10.1. The summed E-state index contributed by atoms with van der Waals surface area (Å²) in [6.07, 6.45) is 2.36. The summed E-state index contributed by atoms with van der Waals surface area (Å²) < 4.78 is 7.36. The second-order valence-electron chi connectivity index (χ2n) is 6.74. The molecule has 6 heteroatoms. The Kier molecular flexibility index (Phi) is 4.81. The number of aromatic carboxylic acids is 1. The summed E-state index contributed by atoms with van der Waals surface area (Å²) in [5.41, 5.74) is 4.68. The van der Waals surface area contributed by atoms with Crippen LogP contribution in [0, 0.1) is 13.8 Å². The Morgan fingerprint density at radius 1 is 1.36 bits per heavy atom. The highest BCUT2D eigenvalue weighted by Crippen LogP contribution is 2.33. The Morgan fingerprint density at radius 2 is 2.08 bits per heavy atom. The molecule has 0 spiro atoms. The molecule has 134 valence electrons. The number of hydrogen-bond acceptors (Lipinski definition) is 4. The van der Waals surface area contributed by atoms with E-state index in [9.17, 15) is 9.90 Å². The highest BCUT2D eigenvalue weighted by Gasteiger charge is 2.31. The molecule has 1 aromatic heterocycles. The van der Waals surface area contributed by atoms with Crippen molar-refractivity contribution in [1.82, 2.24) is 14.7 Å². The fourth-order valence-corrected chi connectivity index (χ4v) is 3.26. The molecule has 0 radical (unpaired) electrons. The number of nitrogens with zero attached hydrogens (tertiary/aromatic N) is 3. The van der Waals surface area contributed by atoms with Crippen LogP contribution in [0.5, 0.6) is 5.75 Å². The molecule has 0 atom stereocenters. The number of carboxylic acids is 1. The first kappa shape index (κ1) is 17.5. The normalized spacial score (nSPS) is 14.1. The first-order valence-electron chi connectivity index (χ1n) is 8.54. The van der Waals surface area contributed by atoms with Gasteiger partial charge >= 0.3 is 5.97 Å². The number of hydrogen-bond donors (Lipinski definition) is 1. The van der Waals surface area contributed by atoms with Gasteiger partial charge in [-0.05, 0) is 44.9 Å². The van der Waals surface area contributed by atoms with Gasteiger partial charge in [0.15, 0.2) is 0 Å². The minimum atomic E-state index is -0.916. The zero-order chi connectivity index (χ0) is 18.1. The molecule has 0 amide bonds. The molecule has 1 fully saturated rings. The van der Waals surface area contributed by atoms with E-state index in [4.69, 9.17) is 4.74 Å². The van der Waals surface area contributed by atoms with Gasteiger partial charge in [0.05, 0.1) is 18.4 Å². The first-order chi connectivity index (χ1) is 11.9. The monoisotopic (exact) mass is 343 g/mol. The molecule has 0 bridgehead atoms. The molecule has 1 N–H and O–H groups in total. The van der Waals surface area contributed by atoms with Crippen molar-refractivity contribution in [3.8, 4) is 5.75 Å². The van der Waals surface area contributed by atoms with E-state index in [0.717, 1.165) is 23.6 Å². The topological polar surface area (TPSA) is 67.6 Å². The van der Waals surface area contributed by atoms with Gasteiger partial charge in [0.25, 0.3) is 0 Å². The van der Waals surface area contributed by atoms with Gasteiger partial charge in [0, 0.05) is 43.0 Å². The predicted molar refractivity (Wildman–Crippen MR) is 94.9 cm³/mol.